The number of piperidine rings is 1. The van der Waals surface area contributed by atoms with E-state index in [1.165, 1.54) is 31.8 Å². The summed E-state index contributed by atoms with van der Waals surface area (Å²) in [5, 5.41) is 13.4. The van der Waals surface area contributed by atoms with Crippen LogP contribution in [-0.2, 0) is 9.59 Å². The topological polar surface area (TPSA) is 69.6 Å². The first-order valence-electron chi connectivity index (χ1n) is 8.45. The maximum absolute atomic E-state index is 12.3. The van der Waals surface area contributed by atoms with Crippen LogP contribution in [0.15, 0.2) is 11.6 Å². The van der Waals surface area contributed by atoms with E-state index >= 15 is 0 Å². The molecule has 2 amide bonds. The highest BCUT2D eigenvalue weighted by Crippen LogP contribution is 2.22. The summed E-state index contributed by atoms with van der Waals surface area (Å²) in [7, 11) is 0. The van der Waals surface area contributed by atoms with E-state index < -0.39 is 5.60 Å². The number of rotatable bonds is 4. The van der Waals surface area contributed by atoms with Gasteiger partial charge in [-0.05, 0) is 44.9 Å². The number of carbonyl (C=O) groups excluding carboxylic acids is 2. The number of amides is 2. The quantitative estimate of drug-likeness (QED) is 0.778. The Morgan fingerprint density at radius 2 is 2.14 bits per heavy atom. The summed E-state index contributed by atoms with van der Waals surface area (Å²) < 4.78 is 0. The zero-order valence-electron chi connectivity index (χ0n) is 13.6. The number of nitrogens with zero attached hydrogens (tertiary/aromatic N) is 1. The van der Waals surface area contributed by atoms with E-state index in [2.05, 4.69) is 11.4 Å². The third kappa shape index (κ3) is 4.57. The Morgan fingerprint density at radius 3 is 2.91 bits per heavy atom. The molecule has 1 fully saturated rings. The molecule has 1 saturated heterocycles. The van der Waals surface area contributed by atoms with Crippen LogP contribution in [0.2, 0.25) is 0 Å². The van der Waals surface area contributed by atoms with Crippen LogP contribution in [0.4, 0.5) is 0 Å². The number of aliphatic hydroxyl groups is 1. The highest BCUT2D eigenvalue weighted by Gasteiger charge is 2.40. The number of allylic oxidation sites excluding steroid dienone is 1. The molecule has 2 N–H and O–H groups in total. The van der Waals surface area contributed by atoms with Gasteiger partial charge in [0.2, 0.25) is 5.91 Å². The summed E-state index contributed by atoms with van der Waals surface area (Å²) in [6, 6.07) is 0. The lowest BCUT2D eigenvalue weighted by Gasteiger charge is -2.37. The van der Waals surface area contributed by atoms with Gasteiger partial charge in [-0.25, -0.2) is 0 Å². The highest BCUT2D eigenvalue weighted by atomic mass is 16.3. The largest absolute Gasteiger partial charge is 0.378 e. The van der Waals surface area contributed by atoms with Gasteiger partial charge in [0.05, 0.1) is 6.54 Å². The molecule has 0 aromatic carbocycles. The van der Waals surface area contributed by atoms with Gasteiger partial charge in [0.25, 0.3) is 5.91 Å². The molecule has 124 valence electrons. The number of β-amino-alcohol motifs (C(OH)–C–C–N with tert-alkyl or cyclic N) is 1. The van der Waals surface area contributed by atoms with E-state index in [4.69, 9.17) is 0 Å². The number of nitrogens with one attached hydrogen (secondary N) is 1. The van der Waals surface area contributed by atoms with Crippen LogP contribution in [0.5, 0.6) is 0 Å². The second-order valence-electron chi connectivity index (χ2n) is 6.54. The molecular weight excluding hydrogens is 280 g/mol. The molecule has 0 aromatic heterocycles. The molecule has 2 rings (SSSR count). The highest BCUT2D eigenvalue weighted by molar-refractivity contribution is 5.86. The van der Waals surface area contributed by atoms with Gasteiger partial charge in [0.1, 0.15) is 0 Å². The van der Waals surface area contributed by atoms with E-state index in [9.17, 15) is 14.7 Å². The lowest BCUT2D eigenvalue weighted by atomic mass is 9.91. The third-order valence-corrected chi connectivity index (χ3v) is 4.71. The minimum atomic E-state index is -1.43. The maximum Gasteiger partial charge on any atom is 0.253 e. The van der Waals surface area contributed by atoms with Crippen LogP contribution in [0.25, 0.3) is 0 Å². The van der Waals surface area contributed by atoms with Crippen LogP contribution in [0.3, 0.4) is 0 Å². The van der Waals surface area contributed by atoms with Gasteiger partial charge in [0, 0.05) is 20.0 Å². The molecule has 0 radical (unpaired) electrons. The fraction of sp³-hybridized carbons (Fsp3) is 0.765. The van der Waals surface area contributed by atoms with Gasteiger partial charge in [-0.2, -0.15) is 0 Å². The zero-order chi connectivity index (χ0) is 16.0. The summed E-state index contributed by atoms with van der Waals surface area (Å²) in [6.45, 7) is 2.77. The Labute approximate surface area is 132 Å². The summed E-state index contributed by atoms with van der Waals surface area (Å²) in [5.41, 5.74) is -0.0133. The monoisotopic (exact) mass is 308 g/mol. The average molecular weight is 308 g/mol. The fourth-order valence-corrected chi connectivity index (χ4v) is 3.30. The van der Waals surface area contributed by atoms with E-state index in [1.54, 1.807) is 4.90 Å². The number of likely N-dealkylation sites (tertiary alicyclic amines) is 1. The predicted molar refractivity (Wildman–Crippen MR) is 85.2 cm³/mol. The van der Waals surface area contributed by atoms with Crippen molar-refractivity contribution in [3.8, 4) is 0 Å². The maximum atomic E-state index is 12.3. The summed E-state index contributed by atoms with van der Waals surface area (Å²) in [4.78, 5) is 25.3. The molecule has 1 atom stereocenters. The van der Waals surface area contributed by atoms with E-state index in [0.717, 1.165) is 19.3 Å². The fourth-order valence-electron chi connectivity index (χ4n) is 3.30. The minimum absolute atomic E-state index is 0.0884. The zero-order valence-corrected chi connectivity index (χ0v) is 13.6. The predicted octanol–water partition coefficient (Wildman–Crippen LogP) is 1.76. The number of hydrogen-bond acceptors (Lipinski definition) is 3. The van der Waals surface area contributed by atoms with Crippen LogP contribution in [0.1, 0.15) is 58.3 Å². The Morgan fingerprint density at radius 1 is 1.32 bits per heavy atom. The van der Waals surface area contributed by atoms with Crippen molar-refractivity contribution in [2.45, 2.75) is 63.9 Å². The molecule has 2 aliphatic rings. The molecule has 1 aliphatic carbocycles. The molecule has 5 heteroatoms. The van der Waals surface area contributed by atoms with Crippen LogP contribution in [-0.4, -0.2) is 47.1 Å². The van der Waals surface area contributed by atoms with Gasteiger partial charge in [0.15, 0.2) is 5.60 Å². The molecule has 22 heavy (non-hydrogen) atoms. The van der Waals surface area contributed by atoms with Crippen molar-refractivity contribution in [3.05, 3.63) is 11.6 Å². The van der Waals surface area contributed by atoms with Crippen molar-refractivity contribution in [1.82, 2.24) is 10.2 Å². The molecule has 0 bridgehead atoms. The summed E-state index contributed by atoms with van der Waals surface area (Å²) in [5.74, 6) is -0.429. The smallest absolute Gasteiger partial charge is 0.253 e. The molecule has 0 aromatic rings. The van der Waals surface area contributed by atoms with Gasteiger partial charge in [-0.3, -0.25) is 9.59 Å². The van der Waals surface area contributed by atoms with Crippen molar-refractivity contribution in [2.24, 2.45) is 0 Å². The van der Waals surface area contributed by atoms with E-state index in [1.807, 2.05) is 0 Å². The van der Waals surface area contributed by atoms with E-state index in [-0.39, 0.29) is 18.4 Å². The van der Waals surface area contributed by atoms with Gasteiger partial charge in [-0.15, -0.1) is 0 Å². The molecule has 1 aliphatic heterocycles. The Bertz CT molecular complexity index is 447. The van der Waals surface area contributed by atoms with Gasteiger partial charge in [-0.1, -0.05) is 18.1 Å². The third-order valence-electron chi connectivity index (χ3n) is 4.71. The SMILES string of the molecule is CC(=O)N1CCC[C@@](O)(C(=O)NCCC2=CCCCCC2)C1. The second kappa shape index (κ2) is 7.77. The Kier molecular flexibility index (Phi) is 6.00. The lowest BCUT2D eigenvalue weighted by molar-refractivity contribution is -0.150. The van der Waals surface area contributed by atoms with Crippen molar-refractivity contribution in [1.29, 1.82) is 0 Å². The Balaban J connectivity index is 1.80. The van der Waals surface area contributed by atoms with Gasteiger partial charge >= 0.3 is 0 Å². The van der Waals surface area contributed by atoms with Gasteiger partial charge < -0.3 is 15.3 Å². The summed E-state index contributed by atoms with van der Waals surface area (Å²) in [6.07, 6.45) is 10.3. The van der Waals surface area contributed by atoms with Crippen molar-refractivity contribution in [2.75, 3.05) is 19.6 Å². The molecule has 1 heterocycles. The lowest BCUT2D eigenvalue weighted by Crippen LogP contribution is -2.58. The van der Waals surface area contributed by atoms with Crippen LogP contribution < -0.4 is 5.32 Å². The first-order valence-corrected chi connectivity index (χ1v) is 8.45. The van der Waals surface area contributed by atoms with E-state index in [0.29, 0.717) is 25.9 Å². The summed E-state index contributed by atoms with van der Waals surface area (Å²) >= 11 is 0. The van der Waals surface area contributed by atoms with Crippen molar-refractivity contribution in [3.63, 3.8) is 0 Å². The van der Waals surface area contributed by atoms with Crippen LogP contribution >= 0.6 is 0 Å². The first kappa shape index (κ1) is 17.0. The van der Waals surface area contributed by atoms with Crippen LogP contribution in [0, 0.1) is 0 Å². The average Bonchev–Trinajstić information content (AvgIpc) is 2.76. The standard InChI is InChI=1S/C17H28N2O3/c1-14(20)19-12-6-10-17(22,13-19)16(21)18-11-9-15-7-4-2-3-5-8-15/h7,22H,2-6,8-13H2,1H3,(H,18,21)/t17-/m0/s1. The normalized spacial score (nSPS) is 26.1. The Hall–Kier alpha value is -1.36. The van der Waals surface area contributed by atoms with Crippen molar-refractivity contribution >= 4 is 11.8 Å². The molecule has 0 saturated carbocycles. The molecule has 0 unspecified atom stereocenters. The molecular formula is C17H28N2O3. The minimum Gasteiger partial charge on any atom is -0.378 e. The van der Waals surface area contributed by atoms with Crippen molar-refractivity contribution < 1.29 is 14.7 Å². The molecule has 0 spiro atoms. The number of hydrogen-bond donors (Lipinski definition) is 2. The number of carbonyl (C=O) groups is 2. The second-order valence-corrected chi connectivity index (χ2v) is 6.54. The molecule has 5 nitrogen and oxygen atoms in total. The first-order chi connectivity index (χ1) is 10.5.